The third-order valence-corrected chi connectivity index (χ3v) is 5.24. The second kappa shape index (κ2) is 3.05. The summed E-state index contributed by atoms with van der Waals surface area (Å²) in [5, 5.41) is 0. The third-order valence-electron chi connectivity index (χ3n) is 1.41. The van der Waals surface area contributed by atoms with Crippen LogP contribution in [0.1, 0.15) is 13.3 Å². The lowest BCUT2D eigenvalue weighted by atomic mass is 10.4. The van der Waals surface area contributed by atoms with Crippen molar-refractivity contribution in [1.82, 2.24) is 0 Å². The second-order valence-electron chi connectivity index (χ2n) is 3.03. The first kappa shape index (κ1) is 10.2. The zero-order valence-electron chi connectivity index (χ0n) is 6.41. The minimum Gasteiger partial charge on any atom is -0.309 e. The van der Waals surface area contributed by atoms with Gasteiger partial charge in [0.05, 0.1) is 21.1 Å². The molecule has 1 unspecified atom stereocenters. The predicted molar refractivity (Wildman–Crippen MR) is 54.0 cm³/mol. The van der Waals surface area contributed by atoms with Crippen molar-refractivity contribution in [2.75, 3.05) is 21.1 Å². The van der Waals surface area contributed by atoms with E-state index in [1.807, 2.05) is 0 Å². The minimum atomic E-state index is 0.199. The van der Waals surface area contributed by atoms with Gasteiger partial charge in [-0.2, -0.15) is 0 Å². The molecule has 1 nitrogen and oxygen atoms in total. The maximum atomic E-state index is 3.66. The lowest BCUT2D eigenvalue weighted by molar-refractivity contribution is -0.884. The summed E-state index contributed by atoms with van der Waals surface area (Å²) in [6.07, 6.45) is 1.14. The Balaban J connectivity index is 4.14. The van der Waals surface area contributed by atoms with Crippen molar-refractivity contribution in [3.63, 3.8) is 0 Å². The summed E-state index contributed by atoms with van der Waals surface area (Å²) >= 11 is 6.10. The van der Waals surface area contributed by atoms with Gasteiger partial charge >= 0.3 is 0 Å². The molecule has 0 saturated heterocycles. The van der Waals surface area contributed by atoms with Gasteiger partial charge in [0.2, 0.25) is 2.45 Å². The molecule has 0 aromatic carbocycles. The molecule has 0 aliphatic rings. The number of rotatable bonds is 2. The van der Waals surface area contributed by atoms with Crippen LogP contribution in [0.15, 0.2) is 0 Å². The van der Waals surface area contributed by atoms with Gasteiger partial charge in [0.1, 0.15) is 0 Å². The molecule has 0 amide bonds. The molecule has 0 aliphatic carbocycles. The van der Waals surface area contributed by atoms with Gasteiger partial charge in [-0.15, -0.1) is 0 Å². The molecule has 0 heterocycles. The fourth-order valence-corrected chi connectivity index (χ4v) is 0.474. The number of hydrogen-bond donors (Lipinski definition) is 0. The Morgan fingerprint density at radius 3 is 1.78 bits per heavy atom. The van der Waals surface area contributed by atoms with E-state index in [-0.39, 0.29) is 2.45 Å². The minimum absolute atomic E-state index is 0.199. The van der Waals surface area contributed by atoms with Crippen LogP contribution in [-0.2, 0) is 0 Å². The summed E-state index contributed by atoms with van der Waals surface area (Å²) < 4.78 is 1.15. The van der Waals surface area contributed by atoms with Crippen LogP contribution in [0.25, 0.3) is 0 Å². The second-order valence-corrected chi connectivity index (χ2v) is 7.61. The van der Waals surface area contributed by atoms with E-state index < -0.39 is 0 Å². The van der Waals surface area contributed by atoms with Gasteiger partial charge in [-0.05, 0) is 15.9 Å². The van der Waals surface area contributed by atoms with Gasteiger partial charge in [0.25, 0.3) is 0 Å². The molecular formula is C6H14BrIN+. The summed E-state index contributed by atoms with van der Waals surface area (Å²) in [6, 6.07) is 0. The van der Waals surface area contributed by atoms with E-state index in [1.165, 1.54) is 0 Å². The van der Waals surface area contributed by atoms with E-state index in [9.17, 15) is 0 Å². The molecule has 56 valence electrons. The van der Waals surface area contributed by atoms with E-state index in [1.54, 1.807) is 0 Å². The van der Waals surface area contributed by atoms with Crippen LogP contribution in [0.5, 0.6) is 0 Å². The molecule has 0 bridgehead atoms. The highest BCUT2D eigenvalue weighted by Crippen LogP contribution is 2.36. The molecule has 0 aromatic rings. The summed E-state index contributed by atoms with van der Waals surface area (Å²) in [5.74, 6) is 0. The highest BCUT2D eigenvalue weighted by molar-refractivity contribution is 14.1. The van der Waals surface area contributed by atoms with Gasteiger partial charge in [-0.25, -0.2) is 0 Å². The molecule has 0 radical (unpaired) electrons. The van der Waals surface area contributed by atoms with Crippen LogP contribution in [0.4, 0.5) is 0 Å². The fourth-order valence-electron chi connectivity index (χ4n) is 0.474. The van der Waals surface area contributed by atoms with Crippen molar-refractivity contribution in [2.24, 2.45) is 0 Å². The van der Waals surface area contributed by atoms with Crippen molar-refractivity contribution in [2.45, 2.75) is 15.8 Å². The largest absolute Gasteiger partial charge is 0.309 e. The third kappa shape index (κ3) is 2.72. The maximum absolute atomic E-state index is 3.66. The van der Waals surface area contributed by atoms with Crippen LogP contribution in [-0.4, -0.2) is 28.1 Å². The van der Waals surface area contributed by atoms with Crippen LogP contribution in [0, 0.1) is 0 Å². The summed E-state index contributed by atoms with van der Waals surface area (Å²) in [5.41, 5.74) is 0. The number of alkyl halides is 2. The van der Waals surface area contributed by atoms with Gasteiger partial charge in [0.15, 0.2) is 0 Å². The first-order chi connectivity index (χ1) is 3.81. The highest BCUT2D eigenvalue weighted by Gasteiger charge is 2.34. The number of quaternary nitrogens is 1. The Morgan fingerprint density at radius 2 is 1.78 bits per heavy atom. The Kier molecular flexibility index (Phi) is 3.44. The summed E-state index contributed by atoms with van der Waals surface area (Å²) in [4.78, 5) is 0. The van der Waals surface area contributed by atoms with E-state index in [2.05, 4.69) is 66.6 Å². The topological polar surface area (TPSA) is 0 Å². The van der Waals surface area contributed by atoms with E-state index in [0.717, 1.165) is 10.9 Å². The van der Waals surface area contributed by atoms with Crippen molar-refractivity contribution >= 4 is 38.5 Å². The maximum Gasteiger partial charge on any atom is 0.202 e. The number of hydrogen-bond acceptors (Lipinski definition) is 0. The van der Waals surface area contributed by atoms with Gasteiger partial charge < -0.3 is 4.48 Å². The first-order valence-electron chi connectivity index (χ1n) is 3.00. The molecule has 0 rings (SSSR count). The van der Waals surface area contributed by atoms with Crippen LogP contribution < -0.4 is 0 Å². The Bertz CT molecular complexity index is 95.7. The molecule has 0 spiro atoms. The molecule has 0 saturated carbocycles. The monoisotopic (exact) mass is 306 g/mol. The van der Waals surface area contributed by atoms with Crippen molar-refractivity contribution in [3.8, 4) is 0 Å². The quantitative estimate of drug-likeness (QED) is 0.318. The van der Waals surface area contributed by atoms with E-state index in [4.69, 9.17) is 0 Å². The molecule has 3 heteroatoms. The number of nitrogens with zero attached hydrogens (tertiary/aromatic N) is 1. The van der Waals surface area contributed by atoms with Gasteiger partial charge in [-0.1, -0.05) is 6.92 Å². The van der Waals surface area contributed by atoms with Crippen LogP contribution >= 0.6 is 38.5 Å². The number of halogens is 2. The standard InChI is InChI=1S/C6H14BrIN/c1-5-6(7,8)9(2,3)4/h5H2,1-4H3/q+1. The SMILES string of the molecule is CCC(Br)(I)[N+](C)(C)C. The fraction of sp³-hybridized carbons (Fsp3) is 1.00. The normalized spacial score (nSPS) is 19.3. The molecule has 0 aliphatic heterocycles. The van der Waals surface area contributed by atoms with Crippen LogP contribution in [0.3, 0.4) is 0 Å². The Labute approximate surface area is 79.7 Å². The zero-order valence-corrected chi connectivity index (χ0v) is 10.2. The molecule has 0 fully saturated rings. The average molecular weight is 307 g/mol. The van der Waals surface area contributed by atoms with Crippen molar-refractivity contribution < 1.29 is 4.48 Å². The smallest absolute Gasteiger partial charge is 0.202 e. The predicted octanol–water partition coefficient (Wildman–Crippen LogP) is 2.59. The molecule has 0 N–H and O–H groups in total. The molecule has 1 atom stereocenters. The first-order valence-corrected chi connectivity index (χ1v) is 4.88. The molecule has 0 aromatic heterocycles. The lowest BCUT2D eigenvalue weighted by Gasteiger charge is -2.37. The summed E-state index contributed by atoms with van der Waals surface area (Å²) in [7, 11) is 6.56. The molecular weight excluding hydrogens is 293 g/mol. The van der Waals surface area contributed by atoms with Crippen molar-refractivity contribution in [3.05, 3.63) is 0 Å². The van der Waals surface area contributed by atoms with E-state index >= 15 is 0 Å². The summed E-state index contributed by atoms with van der Waals surface area (Å²) in [6.45, 7) is 2.19. The Morgan fingerprint density at radius 1 is 1.44 bits per heavy atom. The lowest BCUT2D eigenvalue weighted by Crippen LogP contribution is -2.47. The van der Waals surface area contributed by atoms with E-state index in [0.29, 0.717) is 0 Å². The average Bonchev–Trinajstić information content (AvgIpc) is 1.64. The van der Waals surface area contributed by atoms with Crippen molar-refractivity contribution in [1.29, 1.82) is 0 Å². The van der Waals surface area contributed by atoms with Gasteiger partial charge in [-0.3, -0.25) is 0 Å². The Hall–Kier alpha value is 1.17. The molecule has 9 heavy (non-hydrogen) atoms. The van der Waals surface area contributed by atoms with Crippen LogP contribution in [0.2, 0.25) is 0 Å². The highest BCUT2D eigenvalue weighted by atomic mass is 127. The van der Waals surface area contributed by atoms with Gasteiger partial charge in [0, 0.05) is 29.0 Å². The zero-order chi connectivity index (χ0) is 7.71.